The molecule has 0 aliphatic carbocycles. The quantitative estimate of drug-likeness (QED) is 0.623. The molecule has 2 amide bonds. The zero-order chi connectivity index (χ0) is 21.1. The molecule has 8 heteroatoms. The van der Waals surface area contributed by atoms with Crippen molar-refractivity contribution in [3.8, 4) is 0 Å². The summed E-state index contributed by atoms with van der Waals surface area (Å²) >= 11 is 0. The zero-order valence-electron chi connectivity index (χ0n) is 17.2. The van der Waals surface area contributed by atoms with Crippen LogP contribution in [0.25, 0.3) is 0 Å². The summed E-state index contributed by atoms with van der Waals surface area (Å²) < 4.78 is 5.28. The largest absolute Gasteiger partial charge is 0.444 e. The Morgan fingerprint density at radius 2 is 2.04 bits per heavy atom. The minimum absolute atomic E-state index is 0.109. The normalized spacial score (nSPS) is 19.8. The lowest BCUT2D eigenvalue weighted by Gasteiger charge is -2.40. The third kappa shape index (κ3) is 5.43. The molecule has 1 aliphatic heterocycles. The van der Waals surface area contributed by atoms with Gasteiger partial charge in [0.25, 0.3) is 11.6 Å². The molecule has 0 spiro atoms. The van der Waals surface area contributed by atoms with Crippen molar-refractivity contribution in [2.75, 3.05) is 13.1 Å². The van der Waals surface area contributed by atoms with Gasteiger partial charge in [0.05, 0.1) is 11.0 Å². The highest BCUT2D eigenvalue weighted by Crippen LogP contribution is 2.27. The molecule has 0 bridgehead atoms. The highest BCUT2D eigenvalue weighted by Gasteiger charge is 2.34. The number of hydrogen-bond donors (Lipinski definition) is 1. The molecule has 8 nitrogen and oxygen atoms in total. The minimum Gasteiger partial charge on any atom is -0.444 e. The molecule has 0 saturated carbocycles. The Labute approximate surface area is 165 Å². The number of benzene rings is 1. The number of carbonyl (C=O) groups is 2. The van der Waals surface area contributed by atoms with Gasteiger partial charge in [0.15, 0.2) is 0 Å². The molecule has 0 unspecified atom stereocenters. The molecule has 1 heterocycles. The molecule has 1 N–H and O–H groups in total. The maximum absolute atomic E-state index is 13.2. The first-order valence-corrected chi connectivity index (χ1v) is 9.52. The number of nitro groups is 1. The summed E-state index contributed by atoms with van der Waals surface area (Å²) in [7, 11) is 0. The molecule has 2 rings (SSSR count). The van der Waals surface area contributed by atoms with Crippen molar-refractivity contribution in [1.82, 2.24) is 10.2 Å². The average molecular weight is 391 g/mol. The number of rotatable bonds is 4. The standard InChI is InChI=1S/C20H29N3O5/c1-13-8-9-15(23(26)27)11-16(13)18(24)22-10-6-7-14(2)17(22)12-21-19(25)28-20(3,4)5/h8-9,11,14,17H,6-7,10,12H2,1-5H3,(H,21,25)/t14-,17-/m1/s1. The summed E-state index contributed by atoms with van der Waals surface area (Å²) in [5.41, 5.74) is 0.304. The second-order valence-corrected chi connectivity index (χ2v) is 8.32. The van der Waals surface area contributed by atoms with E-state index >= 15 is 0 Å². The molecule has 0 aromatic heterocycles. The van der Waals surface area contributed by atoms with Crippen molar-refractivity contribution in [2.45, 2.75) is 59.1 Å². The first-order valence-electron chi connectivity index (χ1n) is 9.52. The fraction of sp³-hybridized carbons (Fsp3) is 0.600. The van der Waals surface area contributed by atoms with Gasteiger partial charge in [-0.1, -0.05) is 13.0 Å². The molecule has 2 atom stereocenters. The smallest absolute Gasteiger partial charge is 0.407 e. The summed E-state index contributed by atoms with van der Waals surface area (Å²) in [6.07, 6.45) is 1.27. The zero-order valence-corrected chi connectivity index (χ0v) is 17.2. The number of aryl methyl sites for hydroxylation is 1. The van der Waals surface area contributed by atoms with E-state index in [0.717, 1.165) is 12.8 Å². The lowest BCUT2D eigenvalue weighted by molar-refractivity contribution is -0.384. The van der Waals surface area contributed by atoms with E-state index in [1.807, 2.05) is 6.92 Å². The van der Waals surface area contributed by atoms with Gasteiger partial charge in [-0.3, -0.25) is 14.9 Å². The van der Waals surface area contributed by atoms with Crippen LogP contribution in [0, 0.1) is 23.0 Å². The number of piperidine rings is 1. The van der Waals surface area contributed by atoms with Gasteiger partial charge in [-0.2, -0.15) is 0 Å². The van der Waals surface area contributed by atoms with E-state index in [9.17, 15) is 19.7 Å². The predicted molar refractivity (Wildman–Crippen MR) is 105 cm³/mol. The minimum atomic E-state index is -0.599. The molecule has 1 fully saturated rings. The fourth-order valence-corrected chi connectivity index (χ4v) is 3.42. The Balaban J connectivity index is 2.19. The molecule has 1 aromatic carbocycles. The number of nitrogens with one attached hydrogen (secondary N) is 1. The first-order chi connectivity index (χ1) is 13.0. The van der Waals surface area contributed by atoms with E-state index in [1.165, 1.54) is 12.1 Å². The predicted octanol–water partition coefficient (Wildman–Crippen LogP) is 3.67. The lowest BCUT2D eigenvalue weighted by atomic mass is 9.89. The summed E-state index contributed by atoms with van der Waals surface area (Å²) in [6.45, 7) is 9.99. The number of amides is 2. The van der Waals surface area contributed by atoms with Gasteiger partial charge >= 0.3 is 6.09 Å². The maximum Gasteiger partial charge on any atom is 0.407 e. The second kappa shape index (κ2) is 8.58. The van der Waals surface area contributed by atoms with Crippen molar-refractivity contribution in [1.29, 1.82) is 0 Å². The van der Waals surface area contributed by atoms with Crippen LogP contribution in [-0.2, 0) is 4.74 Å². The number of nitrogens with zero attached hydrogens (tertiary/aromatic N) is 2. The molecule has 1 saturated heterocycles. The van der Waals surface area contributed by atoms with Crippen LogP contribution >= 0.6 is 0 Å². The molecular weight excluding hydrogens is 362 g/mol. The van der Waals surface area contributed by atoms with Gasteiger partial charge in [-0.05, 0) is 52.0 Å². The summed E-state index contributed by atoms with van der Waals surface area (Å²) in [5, 5.41) is 13.8. The van der Waals surface area contributed by atoms with E-state index in [1.54, 1.807) is 38.7 Å². The van der Waals surface area contributed by atoms with Gasteiger partial charge in [0, 0.05) is 30.8 Å². The average Bonchev–Trinajstić information content (AvgIpc) is 2.58. The summed E-state index contributed by atoms with van der Waals surface area (Å²) in [6, 6.07) is 4.11. The van der Waals surface area contributed by atoms with E-state index in [2.05, 4.69) is 5.32 Å². The van der Waals surface area contributed by atoms with Crippen molar-refractivity contribution < 1.29 is 19.2 Å². The van der Waals surface area contributed by atoms with Gasteiger partial charge < -0.3 is 15.0 Å². The third-order valence-electron chi connectivity index (χ3n) is 4.89. The number of likely N-dealkylation sites (tertiary alicyclic amines) is 1. The molecular formula is C20H29N3O5. The highest BCUT2D eigenvalue weighted by molar-refractivity contribution is 5.96. The SMILES string of the molecule is Cc1ccc([N+](=O)[O-])cc1C(=O)N1CCC[C@@H](C)[C@H]1CNC(=O)OC(C)(C)C. The first kappa shape index (κ1) is 21.7. The van der Waals surface area contributed by atoms with Crippen LogP contribution < -0.4 is 5.32 Å². The van der Waals surface area contributed by atoms with Crippen LogP contribution in [0.3, 0.4) is 0 Å². The van der Waals surface area contributed by atoms with E-state index < -0.39 is 16.6 Å². The van der Waals surface area contributed by atoms with Gasteiger partial charge in [0.2, 0.25) is 0 Å². The highest BCUT2D eigenvalue weighted by atomic mass is 16.6. The number of ether oxygens (including phenoxy) is 1. The number of hydrogen-bond acceptors (Lipinski definition) is 5. The van der Waals surface area contributed by atoms with Crippen LogP contribution in [0.1, 0.15) is 56.5 Å². The third-order valence-corrected chi connectivity index (χ3v) is 4.89. The Kier molecular flexibility index (Phi) is 6.64. The van der Waals surface area contributed by atoms with E-state index in [-0.39, 0.29) is 30.1 Å². The number of alkyl carbamates (subject to hydrolysis) is 1. The van der Waals surface area contributed by atoms with Crippen LogP contribution in [0.5, 0.6) is 0 Å². The second-order valence-electron chi connectivity index (χ2n) is 8.32. The molecule has 0 radical (unpaired) electrons. The molecule has 154 valence electrons. The Morgan fingerprint density at radius 1 is 1.36 bits per heavy atom. The molecule has 28 heavy (non-hydrogen) atoms. The molecule has 1 aliphatic rings. The monoisotopic (exact) mass is 391 g/mol. The van der Waals surface area contributed by atoms with Gasteiger partial charge in [0.1, 0.15) is 5.60 Å². The summed E-state index contributed by atoms with van der Waals surface area (Å²) in [5.74, 6) is -0.0598. The van der Waals surface area contributed by atoms with Crippen molar-refractivity contribution >= 4 is 17.7 Å². The van der Waals surface area contributed by atoms with Crippen molar-refractivity contribution in [3.05, 3.63) is 39.4 Å². The summed E-state index contributed by atoms with van der Waals surface area (Å²) in [4.78, 5) is 37.5. The lowest BCUT2D eigenvalue weighted by Crippen LogP contribution is -2.53. The Morgan fingerprint density at radius 3 is 2.64 bits per heavy atom. The van der Waals surface area contributed by atoms with Crippen molar-refractivity contribution in [3.63, 3.8) is 0 Å². The van der Waals surface area contributed by atoms with Crippen LogP contribution in [0.4, 0.5) is 10.5 Å². The van der Waals surface area contributed by atoms with Gasteiger partial charge in [-0.25, -0.2) is 4.79 Å². The Bertz CT molecular complexity index is 757. The van der Waals surface area contributed by atoms with Crippen molar-refractivity contribution in [2.24, 2.45) is 5.92 Å². The number of carbonyl (C=O) groups excluding carboxylic acids is 2. The number of non-ortho nitro benzene ring substituents is 1. The number of nitro benzene ring substituents is 1. The van der Waals surface area contributed by atoms with Gasteiger partial charge in [-0.15, -0.1) is 0 Å². The van der Waals surface area contributed by atoms with E-state index in [4.69, 9.17) is 4.74 Å². The van der Waals surface area contributed by atoms with Crippen LogP contribution in [0.2, 0.25) is 0 Å². The van der Waals surface area contributed by atoms with Crippen LogP contribution in [0.15, 0.2) is 18.2 Å². The van der Waals surface area contributed by atoms with E-state index in [0.29, 0.717) is 17.7 Å². The Hall–Kier alpha value is -2.64. The molecule has 1 aromatic rings. The maximum atomic E-state index is 13.2. The van der Waals surface area contributed by atoms with Crippen LogP contribution in [-0.4, -0.2) is 46.6 Å². The topological polar surface area (TPSA) is 102 Å². The fourth-order valence-electron chi connectivity index (χ4n) is 3.42.